The van der Waals surface area contributed by atoms with Crippen molar-refractivity contribution in [1.29, 1.82) is 0 Å². The molecule has 0 atom stereocenters. The predicted molar refractivity (Wildman–Crippen MR) is 108 cm³/mol. The van der Waals surface area contributed by atoms with Gasteiger partial charge in [-0.1, -0.05) is 41.6 Å². The minimum atomic E-state index is -0.167. The first-order valence-electron chi connectivity index (χ1n) is 8.68. The molecule has 0 spiro atoms. The molecule has 1 heterocycles. The monoisotopic (exact) mass is 383 g/mol. The van der Waals surface area contributed by atoms with Crippen LogP contribution in [0, 0.1) is 6.92 Å². The second-order valence-electron chi connectivity index (χ2n) is 6.15. The molecule has 140 valence electrons. The van der Waals surface area contributed by atoms with Crippen LogP contribution in [0.1, 0.15) is 12.0 Å². The number of carbonyl (C=O) groups is 1. The second kappa shape index (κ2) is 8.83. The van der Waals surface area contributed by atoms with E-state index in [9.17, 15) is 9.59 Å². The van der Waals surface area contributed by atoms with Crippen LogP contribution in [-0.4, -0.2) is 32.9 Å². The molecule has 2 N–H and O–H groups in total. The van der Waals surface area contributed by atoms with E-state index in [4.69, 9.17) is 5.11 Å². The van der Waals surface area contributed by atoms with Crippen LogP contribution >= 0.6 is 11.8 Å². The third-order valence-corrected chi connectivity index (χ3v) is 5.01. The van der Waals surface area contributed by atoms with Crippen LogP contribution in [0.5, 0.6) is 0 Å². The fourth-order valence-corrected chi connectivity index (χ4v) is 3.47. The van der Waals surface area contributed by atoms with Crippen LogP contribution in [-0.2, 0) is 11.3 Å². The van der Waals surface area contributed by atoms with Crippen molar-refractivity contribution >= 4 is 34.3 Å². The zero-order valence-corrected chi connectivity index (χ0v) is 15.8. The first kappa shape index (κ1) is 19.1. The van der Waals surface area contributed by atoms with Crippen LogP contribution < -0.4 is 10.9 Å². The van der Waals surface area contributed by atoms with Gasteiger partial charge in [0.05, 0.1) is 16.7 Å². The molecule has 1 aromatic heterocycles. The number of aromatic nitrogens is 2. The Bertz CT molecular complexity index is 1000. The third-order valence-electron chi connectivity index (χ3n) is 4.03. The van der Waals surface area contributed by atoms with Crippen LogP contribution in [0.3, 0.4) is 0 Å². The number of hydrogen-bond donors (Lipinski definition) is 2. The number of rotatable bonds is 7. The molecule has 3 rings (SSSR count). The summed E-state index contributed by atoms with van der Waals surface area (Å²) in [6.07, 6.45) is 0.447. The Hall–Kier alpha value is -2.64. The van der Waals surface area contributed by atoms with Crippen molar-refractivity contribution in [2.45, 2.75) is 25.0 Å². The van der Waals surface area contributed by atoms with Crippen molar-refractivity contribution in [3.63, 3.8) is 0 Å². The molecule has 0 unspecified atom stereocenters. The molecule has 6 nitrogen and oxygen atoms in total. The van der Waals surface area contributed by atoms with Crippen molar-refractivity contribution in [3.05, 3.63) is 64.4 Å². The Balaban J connectivity index is 1.79. The van der Waals surface area contributed by atoms with Gasteiger partial charge in [0.25, 0.3) is 5.56 Å². The highest BCUT2D eigenvalue weighted by Crippen LogP contribution is 2.19. The van der Waals surface area contributed by atoms with Gasteiger partial charge in [-0.15, -0.1) is 0 Å². The zero-order chi connectivity index (χ0) is 19.2. The van der Waals surface area contributed by atoms with E-state index in [0.717, 1.165) is 11.3 Å². The molecule has 0 aliphatic carbocycles. The van der Waals surface area contributed by atoms with Crippen molar-refractivity contribution in [1.82, 2.24) is 9.55 Å². The molecule has 2 aromatic carbocycles. The van der Waals surface area contributed by atoms with E-state index < -0.39 is 0 Å². The van der Waals surface area contributed by atoms with E-state index in [1.165, 1.54) is 16.3 Å². The smallest absolute Gasteiger partial charge is 0.262 e. The Morgan fingerprint density at radius 3 is 2.67 bits per heavy atom. The number of amides is 1. The largest absolute Gasteiger partial charge is 0.396 e. The lowest BCUT2D eigenvalue weighted by Crippen LogP contribution is -2.24. The minimum Gasteiger partial charge on any atom is -0.396 e. The fourth-order valence-electron chi connectivity index (χ4n) is 2.65. The first-order chi connectivity index (χ1) is 13.1. The Labute approximate surface area is 161 Å². The van der Waals surface area contributed by atoms with Gasteiger partial charge in [-0.3, -0.25) is 14.2 Å². The molecule has 0 aliphatic rings. The van der Waals surface area contributed by atoms with Crippen molar-refractivity contribution in [2.24, 2.45) is 0 Å². The van der Waals surface area contributed by atoms with Crippen LogP contribution in [0.2, 0.25) is 0 Å². The highest BCUT2D eigenvalue weighted by Gasteiger charge is 2.13. The number of thioether (sulfide) groups is 1. The number of aryl methyl sites for hydroxylation is 1. The Morgan fingerprint density at radius 2 is 1.93 bits per heavy atom. The number of aliphatic hydroxyl groups is 1. The number of benzene rings is 2. The lowest BCUT2D eigenvalue weighted by molar-refractivity contribution is -0.113. The SMILES string of the molecule is Cc1ccc(NC(=O)CSc2nc3ccccc3c(=O)n2CCCO)cc1. The number of fused-ring (bicyclic) bond motifs is 1. The van der Waals surface area contributed by atoms with Gasteiger partial charge in [-0.2, -0.15) is 0 Å². The van der Waals surface area contributed by atoms with E-state index >= 15 is 0 Å². The summed E-state index contributed by atoms with van der Waals surface area (Å²) < 4.78 is 1.53. The molecular formula is C20H21N3O3S. The summed E-state index contributed by atoms with van der Waals surface area (Å²) in [4.78, 5) is 29.6. The van der Waals surface area contributed by atoms with Crippen molar-refractivity contribution in [2.75, 3.05) is 17.7 Å². The molecule has 7 heteroatoms. The maximum absolute atomic E-state index is 12.8. The zero-order valence-electron chi connectivity index (χ0n) is 15.0. The van der Waals surface area contributed by atoms with Gasteiger partial charge >= 0.3 is 0 Å². The summed E-state index contributed by atoms with van der Waals surface area (Å²) in [6.45, 7) is 2.32. The van der Waals surface area contributed by atoms with E-state index in [-0.39, 0.29) is 23.8 Å². The summed E-state index contributed by atoms with van der Waals surface area (Å²) in [6, 6.07) is 14.7. The van der Waals surface area contributed by atoms with E-state index in [0.29, 0.717) is 29.0 Å². The maximum atomic E-state index is 12.8. The fraction of sp³-hybridized carbons (Fsp3) is 0.250. The molecule has 1 amide bonds. The molecule has 0 radical (unpaired) electrons. The number of anilines is 1. The van der Waals surface area contributed by atoms with Crippen LogP contribution in [0.4, 0.5) is 5.69 Å². The van der Waals surface area contributed by atoms with E-state index in [1.54, 1.807) is 18.2 Å². The number of aliphatic hydroxyl groups excluding tert-OH is 1. The second-order valence-corrected chi connectivity index (χ2v) is 7.09. The molecule has 0 fully saturated rings. The van der Waals surface area contributed by atoms with Crippen molar-refractivity contribution in [3.8, 4) is 0 Å². The topological polar surface area (TPSA) is 84.2 Å². The van der Waals surface area contributed by atoms with Gasteiger partial charge in [0, 0.05) is 18.8 Å². The van der Waals surface area contributed by atoms with Gasteiger partial charge in [0.2, 0.25) is 5.91 Å². The lowest BCUT2D eigenvalue weighted by atomic mass is 10.2. The Morgan fingerprint density at radius 1 is 1.19 bits per heavy atom. The molecule has 3 aromatic rings. The molecule has 0 aliphatic heterocycles. The molecule has 27 heavy (non-hydrogen) atoms. The number of hydrogen-bond acceptors (Lipinski definition) is 5. The van der Waals surface area contributed by atoms with Crippen molar-refractivity contribution < 1.29 is 9.90 Å². The van der Waals surface area contributed by atoms with E-state index in [2.05, 4.69) is 10.3 Å². The van der Waals surface area contributed by atoms with E-state index in [1.807, 2.05) is 37.3 Å². The molecule has 0 saturated heterocycles. The average molecular weight is 383 g/mol. The minimum absolute atomic E-state index is 0.0166. The van der Waals surface area contributed by atoms with Gasteiger partial charge < -0.3 is 10.4 Å². The lowest BCUT2D eigenvalue weighted by Gasteiger charge is -2.12. The van der Waals surface area contributed by atoms with Gasteiger partial charge in [0.15, 0.2) is 5.16 Å². The quantitative estimate of drug-likeness (QED) is 0.484. The van der Waals surface area contributed by atoms with Crippen LogP contribution in [0.25, 0.3) is 10.9 Å². The van der Waals surface area contributed by atoms with Gasteiger partial charge in [-0.25, -0.2) is 4.98 Å². The molecule has 0 bridgehead atoms. The normalized spacial score (nSPS) is 10.9. The molecular weight excluding hydrogens is 362 g/mol. The van der Waals surface area contributed by atoms with Crippen LogP contribution in [0.15, 0.2) is 58.5 Å². The summed E-state index contributed by atoms with van der Waals surface area (Å²) >= 11 is 1.22. The van der Waals surface area contributed by atoms with Gasteiger partial charge in [0.1, 0.15) is 0 Å². The summed E-state index contributed by atoms with van der Waals surface area (Å²) in [5, 5.41) is 13.0. The number of nitrogens with one attached hydrogen (secondary N) is 1. The maximum Gasteiger partial charge on any atom is 0.262 e. The third kappa shape index (κ3) is 4.75. The number of para-hydroxylation sites is 1. The average Bonchev–Trinajstić information content (AvgIpc) is 2.68. The highest BCUT2D eigenvalue weighted by molar-refractivity contribution is 7.99. The number of carbonyl (C=O) groups excluding carboxylic acids is 1. The standard InChI is InChI=1S/C20H21N3O3S/c1-14-7-9-15(10-8-14)21-18(25)13-27-20-22-17-6-3-2-5-16(17)19(26)23(20)11-4-12-24/h2-3,5-10,24H,4,11-13H2,1H3,(H,21,25). The summed E-state index contributed by atoms with van der Waals surface area (Å²) in [5.74, 6) is -0.0300. The Kier molecular flexibility index (Phi) is 6.26. The summed E-state index contributed by atoms with van der Waals surface area (Å²) in [7, 11) is 0. The highest BCUT2D eigenvalue weighted by atomic mass is 32.2. The number of nitrogens with zero attached hydrogens (tertiary/aromatic N) is 2. The predicted octanol–water partition coefficient (Wildman–Crippen LogP) is 2.82. The molecule has 0 saturated carbocycles. The van der Waals surface area contributed by atoms with Gasteiger partial charge in [-0.05, 0) is 37.6 Å². The summed E-state index contributed by atoms with van der Waals surface area (Å²) in [5.41, 5.74) is 2.30. The first-order valence-corrected chi connectivity index (χ1v) is 9.67.